The van der Waals surface area contributed by atoms with E-state index in [0.29, 0.717) is 6.61 Å². The van der Waals surface area contributed by atoms with Gasteiger partial charge < -0.3 is 83.1 Å². The highest BCUT2D eigenvalue weighted by atomic mass is 33.1. The first-order chi connectivity index (χ1) is 36.5. The zero-order valence-electron chi connectivity index (χ0n) is 42.1. The number of terminal acetylenes is 4. The monoisotopic (exact) mass is 1180 g/mol. The van der Waals surface area contributed by atoms with Crippen LogP contribution in [-0.2, 0) is 101 Å². The molecule has 8 heterocycles. The third kappa shape index (κ3) is 18.3. The minimum Gasteiger partial charge on any atom is -0.394 e. The maximum absolute atomic E-state index is 11.6. The molecule has 6 aliphatic heterocycles. The molecule has 0 saturated carbocycles. The zero-order valence-corrected chi connectivity index (χ0v) is 46.2. The first kappa shape index (κ1) is 67.3. The highest BCUT2D eigenvalue weighted by Crippen LogP contribution is 2.42. The van der Waals surface area contributed by atoms with Crippen molar-refractivity contribution in [2.24, 2.45) is 0 Å². The number of H-pyrrole nitrogens is 2. The van der Waals surface area contributed by atoms with Crippen LogP contribution in [0.5, 0.6) is 0 Å². The van der Waals surface area contributed by atoms with Gasteiger partial charge in [-0.25, -0.2) is 9.59 Å². The minimum absolute atomic E-state index is 0.000128. The maximum atomic E-state index is 11.6. The summed E-state index contributed by atoms with van der Waals surface area (Å²) in [6.45, 7) is 8.69. The Bertz CT molecular complexity index is 2580. The summed E-state index contributed by atoms with van der Waals surface area (Å²) in [7, 11) is 0.917. The number of ether oxygens (including phenoxy) is 10. The summed E-state index contributed by atoms with van der Waals surface area (Å²) in [6.07, 6.45) is 12.8. The molecule has 0 aromatic carbocycles. The average Bonchev–Trinajstić information content (AvgIpc) is 4.21. The molecule has 25 nitrogen and oxygen atoms in total. The van der Waals surface area contributed by atoms with Gasteiger partial charge in [-0.2, -0.15) is 0 Å². The Hall–Kier alpha value is -3.98. The molecule has 0 amide bonds. The van der Waals surface area contributed by atoms with Crippen LogP contribution in [0.25, 0.3) is 0 Å². The summed E-state index contributed by atoms with van der Waals surface area (Å²) in [6, 6.07) is 0. The van der Waals surface area contributed by atoms with Crippen LogP contribution in [0.4, 0.5) is 0 Å². The lowest BCUT2D eigenvalue weighted by atomic mass is 9.96. The molecule has 16 atom stereocenters. The number of fused-ring (bicyclic) bond motifs is 1. The summed E-state index contributed by atoms with van der Waals surface area (Å²) < 4.78 is 58.0. The van der Waals surface area contributed by atoms with Crippen molar-refractivity contribution in [1.29, 1.82) is 0 Å². The van der Waals surface area contributed by atoms with Crippen molar-refractivity contribution in [3.8, 4) is 49.4 Å². The van der Waals surface area contributed by atoms with E-state index >= 15 is 0 Å². The fourth-order valence-electron chi connectivity index (χ4n) is 8.33. The molecule has 0 spiro atoms. The highest BCUT2D eigenvalue weighted by Gasteiger charge is 2.59. The summed E-state index contributed by atoms with van der Waals surface area (Å²) in [5.41, 5.74) is -2.63. The predicted octanol–water partition coefficient (Wildman–Crippen LogP) is -4.16. The van der Waals surface area contributed by atoms with E-state index in [-0.39, 0.29) is 81.4 Å². The number of aliphatic hydroxyl groups is 7. The van der Waals surface area contributed by atoms with E-state index in [1.54, 1.807) is 6.92 Å². The molecular weight excluding hydrogens is 1120 g/mol. The molecule has 2 aromatic rings. The van der Waals surface area contributed by atoms with E-state index in [1.807, 2.05) is 27.7 Å². The van der Waals surface area contributed by atoms with Crippen molar-refractivity contribution in [2.45, 2.75) is 157 Å². The van der Waals surface area contributed by atoms with E-state index in [9.17, 15) is 39.6 Å². The molecule has 6 saturated heterocycles. The second kappa shape index (κ2) is 31.7. The molecule has 6 aliphatic rings. The highest BCUT2D eigenvalue weighted by molar-refractivity contribution is 8.37. The van der Waals surface area contributed by atoms with E-state index in [2.05, 4.69) is 78.4 Å². The van der Waals surface area contributed by atoms with Gasteiger partial charge in [0.15, 0.2) is 17.9 Å². The smallest absolute Gasteiger partial charge is 0.330 e. The molecule has 5 unspecified atom stereocenters. The molecule has 8 rings (SSSR count). The third-order valence-electron chi connectivity index (χ3n) is 11.9. The first-order valence-electron chi connectivity index (χ1n) is 23.1. The fourth-order valence-corrected chi connectivity index (χ4v) is 8.33. The number of nitrogens with one attached hydrogen (secondary N) is 2. The summed E-state index contributed by atoms with van der Waals surface area (Å²) >= 11 is 15.6. The van der Waals surface area contributed by atoms with Crippen molar-refractivity contribution in [3.63, 3.8) is 0 Å². The topological polar surface area (TPSA) is 344 Å². The van der Waals surface area contributed by atoms with Crippen LogP contribution in [0, 0.1) is 49.4 Å². The zero-order chi connectivity index (χ0) is 57.9. The van der Waals surface area contributed by atoms with Gasteiger partial charge in [0.05, 0.1) is 44.7 Å². The second-order valence-corrected chi connectivity index (χ2v) is 19.7. The van der Waals surface area contributed by atoms with Crippen molar-refractivity contribution in [2.75, 3.05) is 39.6 Å². The summed E-state index contributed by atoms with van der Waals surface area (Å²) in [5, 5.41) is 65.4. The van der Waals surface area contributed by atoms with Crippen molar-refractivity contribution >= 4 is 53.6 Å². The first-order valence-corrected chi connectivity index (χ1v) is 27.1. The lowest BCUT2D eigenvalue weighted by Gasteiger charge is -2.40. The Morgan fingerprint density at radius 2 is 1.13 bits per heavy atom. The van der Waals surface area contributed by atoms with Gasteiger partial charge in [0.2, 0.25) is 0 Å². The molecule has 6 fully saturated rings. The van der Waals surface area contributed by atoms with Gasteiger partial charge in [0.1, 0.15) is 97.8 Å². The predicted molar refractivity (Wildman–Crippen MR) is 283 cm³/mol. The molecule has 9 N–H and O–H groups in total. The van der Waals surface area contributed by atoms with Crippen LogP contribution in [0.15, 0.2) is 31.6 Å². The van der Waals surface area contributed by atoms with Crippen LogP contribution in [-0.4, -0.2) is 192 Å². The number of hydrogen-bond donors (Lipinski definition) is 9. The Kier molecular flexibility index (Phi) is 27.7. The van der Waals surface area contributed by atoms with Gasteiger partial charge in [-0.1, -0.05) is 23.7 Å². The van der Waals surface area contributed by atoms with Gasteiger partial charge in [-0.3, -0.25) is 28.7 Å². The van der Waals surface area contributed by atoms with E-state index in [0.717, 1.165) is 18.0 Å². The van der Waals surface area contributed by atoms with Gasteiger partial charge in [0.25, 0.3) is 11.1 Å². The Balaban J connectivity index is 0.000000264. The number of aliphatic hydroxyl groups excluding tert-OH is 7. The molecule has 30 heteroatoms. The van der Waals surface area contributed by atoms with Gasteiger partial charge in [-0.15, -0.1) is 25.7 Å². The molecular formula is C47H62N4O21S5. The van der Waals surface area contributed by atoms with Crippen molar-refractivity contribution in [3.05, 3.63) is 65.2 Å². The molecule has 77 heavy (non-hydrogen) atoms. The van der Waals surface area contributed by atoms with Crippen LogP contribution < -0.4 is 22.5 Å². The molecule has 0 bridgehead atoms. The van der Waals surface area contributed by atoms with Crippen LogP contribution >= 0.6 is 0 Å². The van der Waals surface area contributed by atoms with Gasteiger partial charge in [0, 0.05) is 78.9 Å². The normalized spacial score (nSPS) is 32.8. The summed E-state index contributed by atoms with van der Waals surface area (Å²) in [5.74, 6) is 7.72. The third-order valence-corrected chi connectivity index (χ3v) is 11.9. The van der Waals surface area contributed by atoms with Crippen LogP contribution in [0.2, 0.25) is 0 Å². The maximum Gasteiger partial charge on any atom is 0.330 e. The Morgan fingerprint density at radius 1 is 0.675 bits per heavy atom. The second-order valence-electron chi connectivity index (χ2n) is 17.9. The number of hydrogen-bond acceptors (Lipinski definition) is 25. The van der Waals surface area contributed by atoms with E-state index in [1.165, 1.54) is 12.4 Å². The van der Waals surface area contributed by atoms with E-state index in [4.69, 9.17) is 88.4 Å². The Morgan fingerprint density at radius 3 is 1.52 bits per heavy atom. The van der Waals surface area contributed by atoms with Crippen molar-refractivity contribution < 1.29 is 83.1 Å². The molecule has 0 radical (unpaired) electrons. The van der Waals surface area contributed by atoms with Gasteiger partial charge in [-0.05, 0) is 34.6 Å². The van der Waals surface area contributed by atoms with E-state index < -0.39 is 108 Å². The quantitative estimate of drug-likeness (QED) is 0.102. The lowest BCUT2D eigenvalue weighted by molar-refractivity contribution is -0.235. The Labute approximate surface area is 464 Å². The number of rotatable bonds is 10. The van der Waals surface area contributed by atoms with Gasteiger partial charge >= 0.3 is 11.4 Å². The number of aromatic amines is 2. The number of nitrogens with zero attached hydrogens (tertiary/aromatic N) is 2. The van der Waals surface area contributed by atoms with Crippen LogP contribution in [0.1, 0.15) is 71.0 Å². The van der Waals surface area contributed by atoms with Crippen LogP contribution in [0.3, 0.4) is 0 Å². The lowest BCUT2D eigenvalue weighted by Crippen LogP contribution is -2.58. The standard InChI is InChI=1S/C15H22O6.2C11H12N2O5.C10H16O5.S3.S2/c1-6-7-16-11-10(9-8-17-14(2,3)19-9)18-13-12(11)20-15(4,5)21-13;2*1-2-6-4-13(11(17)12-10(6)16)9-3-7(15)8(5-14)18-9;1-3-4-14-10-8(12)6(2)15-7(5-11)9(10)13;1-3-2;1-2/h1,9-13H,7-8H2,2-5H3;2*1,4,7-9,14-15H,3,5H2,(H,12,16,17);1,6-13H,4-5H2,2H3;;/t9-,10-,11+,12-,13-;2*7-,8-,9-;;;/m111.../s1. The molecule has 426 valence electrons. The minimum atomic E-state index is -1.07. The molecule has 0 aliphatic carbocycles. The largest absolute Gasteiger partial charge is 0.394 e. The average molecular weight is 1180 g/mol. The SMILES string of the molecule is C#CCOC1C(O)C(C)OC(CO)C1O.C#CCO[C@@H]1[C@H]2OC(C)(C)O[C@H]2O[C@@H]1[C@H]1COC(C)(C)O1.C#Cc1cn([C@H]2C[C@@H](O)[C@@H](CO)O2)c(=O)[nH]c1=O.C#Cc1cn([C@H]2C[C@@H](O)[C@@H](CO)O2)c(=O)[nH]c1=O.S=S.S=S=S. The van der Waals surface area contributed by atoms with Crippen molar-refractivity contribution in [1.82, 2.24) is 19.1 Å². The molecule has 2 aromatic heterocycles. The number of aromatic nitrogens is 4. The summed E-state index contributed by atoms with van der Waals surface area (Å²) in [4.78, 5) is 49.9. The fraction of sp³-hybridized carbons (Fsp3) is 0.660.